The third kappa shape index (κ3) is 8.53. The van der Waals surface area contributed by atoms with Gasteiger partial charge in [-0.05, 0) is 99.1 Å². The first-order valence-corrected chi connectivity index (χ1v) is 20.3. The molecule has 4 fully saturated rings. The van der Waals surface area contributed by atoms with Crippen LogP contribution in [-0.2, 0) is 35.6 Å². The Hall–Kier alpha value is -4.20. The Balaban J connectivity index is 1.04. The number of aromatic amines is 1. The number of nitrogens with zero attached hydrogens (tertiary/aromatic N) is 1. The van der Waals surface area contributed by atoms with Gasteiger partial charge in [0.25, 0.3) is 11.5 Å². The van der Waals surface area contributed by atoms with Crippen LogP contribution in [0.3, 0.4) is 0 Å². The smallest absolute Gasteiger partial charge is 0.407 e. The van der Waals surface area contributed by atoms with Crippen molar-refractivity contribution in [2.75, 3.05) is 13.2 Å². The first-order chi connectivity index (χ1) is 24.9. The number of hydrogen-bond donors (Lipinski definition) is 4. The second-order valence-corrected chi connectivity index (χ2v) is 17.2. The summed E-state index contributed by atoms with van der Waals surface area (Å²) in [5.74, 6) is -2.14. The SMILES string of the molecule is C=C[C@@H]1C[C@]1(NC(=O)[C@@H]1CCCN1C(=O)[C@@H](NC(=O)OC[C@H](C)CCCc1ccc2cc[nH]c(=O)c2c1)C1CCCCC1)C(=O)NS(=O)(=O)C1CC1. The summed E-state index contributed by atoms with van der Waals surface area (Å²) in [5.41, 5.74) is -0.485. The van der Waals surface area contributed by atoms with E-state index in [4.69, 9.17) is 4.74 Å². The van der Waals surface area contributed by atoms with Crippen LogP contribution in [0.2, 0.25) is 0 Å². The molecule has 0 spiro atoms. The third-order valence-corrected chi connectivity index (χ3v) is 13.1. The largest absolute Gasteiger partial charge is 0.449 e. The molecule has 1 aromatic heterocycles. The van der Waals surface area contributed by atoms with Crippen LogP contribution in [-0.4, -0.2) is 78.1 Å². The molecule has 2 aromatic rings. The minimum Gasteiger partial charge on any atom is -0.449 e. The minimum absolute atomic E-state index is 0.0655. The highest BCUT2D eigenvalue weighted by atomic mass is 32.2. The van der Waals surface area contributed by atoms with Gasteiger partial charge < -0.3 is 25.3 Å². The summed E-state index contributed by atoms with van der Waals surface area (Å²) < 4.78 is 32.8. The fourth-order valence-corrected chi connectivity index (χ4v) is 9.22. The molecule has 4 N–H and O–H groups in total. The monoisotopic (exact) mass is 737 g/mol. The molecule has 3 saturated carbocycles. The minimum atomic E-state index is -3.82. The van der Waals surface area contributed by atoms with Crippen LogP contribution >= 0.6 is 0 Å². The molecule has 52 heavy (non-hydrogen) atoms. The van der Waals surface area contributed by atoms with E-state index in [-0.39, 0.29) is 36.3 Å². The van der Waals surface area contributed by atoms with Gasteiger partial charge in [-0.2, -0.15) is 0 Å². The zero-order valence-electron chi connectivity index (χ0n) is 29.9. The molecule has 4 amide bonds. The summed E-state index contributed by atoms with van der Waals surface area (Å²) >= 11 is 0. The molecule has 1 saturated heterocycles. The first kappa shape index (κ1) is 37.6. The maximum atomic E-state index is 14.2. The van der Waals surface area contributed by atoms with Gasteiger partial charge in [-0.1, -0.05) is 44.4 Å². The highest BCUT2D eigenvalue weighted by Crippen LogP contribution is 2.45. The van der Waals surface area contributed by atoms with Crippen molar-refractivity contribution in [3.05, 3.63) is 59.0 Å². The summed E-state index contributed by atoms with van der Waals surface area (Å²) in [6, 6.07) is 6.03. The van der Waals surface area contributed by atoms with Crippen molar-refractivity contribution >= 4 is 44.6 Å². The Bertz CT molecular complexity index is 1850. The standard InChI is InChI=1S/C38H51N5O8S/c1-3-28-22-38(28,36(47)42-52(49,50)29-16-17-29)41-34(45)31-13-8-20-43(31)35(46)32(27-11-5-4-6-12-27)40-37(48)51-23-24(2)9-7-10-25-14-15-26-18-19-39-33(44)30(26)21-25/h3,14-15,18-19,21,24,27-29,31-32H,1,4-13,16-17,20,22-23H2,2H3,(H,39,44)(H,40,48)(H,41,45)(H,42,47)/t24-,28-,31+,32+,38-/m1/s1. The van der Waals surface area contributed by atoms with Crippen LogP contribution in [0, 0.1) is 17.8 Å². The van der Waals surface area contributed by atoms with Crippen LogP contribution in [0.25, 0.3) is 10.8 Å². The van der Waals surface area contributed by atoms with Crippen LogP contribution in [0.4, 0.5) is 4.79 Å². The second kappa shape index (κ2) is 15.8. The van der Waals surface area contributed by atoms with E-state index in [0.717, 1.165) is 62.3 Å². The second-order valence-electron chi connectivity index (χ2n) is 15.2. The van der Waals surface area contributed by atoms with Crippen molar-refractivity contribution in [1.82, 2.24) is 25.2 Å². The average molecular weight is 738 g/mol. The number of hydrogen-bond acceptors (Lipinski definition) is 8. The van der Waals surface area contributed by atoms with E-state index >= 15 is 0 Å². The zero-order valence-corrected chi connectivity index (χ0v) is 30.7. The van der Waals surface area contributed by atoms with Crippen molar-refractivity contribution in [1.29, 1.82) is 0 Å². The maximum Gasteiger partial charge on any atom is 0.407 e. The molecule has 6 rings (SSSR count). The summed E-state index contributed by atoms with van der Waals surface area (Å²) in [6.07, 6.45) is 11.5. The fraction of sp³-hybridized carbons (Fsp3) is 0.605. The molecule has 1 aromatic carbocycles. The lowest BCUT2D eigenvalue weighted by Gasteiger charge is -2.34. The number of carbonyl (C=O) groups excluding carboxylic acids is 4. The summed E-state index contributed by atoms with van der Waals surface area (Å²) in [5, 5.41) is 6.62. The molecule has 1 aliphatic heterocycles. The third-order valence-electron chi connectivity index (χ3n) is 11.2. The lowest BCUT2D eigenvalue weighted by atomic mass is 9.83. The summed E-state index contributed by atoms with van der Waals surface area (Å²) in [6.45, 7) is 6.25. The quantitative estimate of drug-likeness (QED) is 0.199. The lowest BCUT2D eigenvalue weighted by Crippen LogP contribution is -2.59. The number of amides is 4. The van der Waals surface area contributed by atoms with Gasteiger partial charge in [-0.25, -0.2) is 13.2 Å². The normalized spacial score (nSPS) is 24.4. The molecule has 3 aliphatic carbocycles. The predicted octanol–water partition coefficient (Wildman–Crippen LogP) is 3.82. The van der Waals surface area contributed by atoms with Crippen molar-refractivity contribution in [3.8, 4) is 0 Å². The molecule has 13 nitrogen and oxygen atoms in total. The molecule has 2 heterocycles. The molecule has 5 atom stereocenters. The van der Waals surface area contributed by atoms with Gasteiger partial charge in [0, 0.05) is 24.0 Å². The first-order valence-electron chi connectivity index (χ1n) is 18.8. The number of benzene rings is 1. The predicted molar refractivity (Wildman–Crippen MR) is 196 cm³/mol. The van der Waals surface area contributed by atoms with Crippen LogP contribution in [0.5, 0.6) is 0 Å². The van der Waals surface area contributed by atoms with Gasteiger partial charge in [-0.15, -0.1) is 6.58 Å². The van der Waals surface area contributed by atoms with Crippen molar-refractivity contribution in [3.63, 3.8) is 0 Å². The topological polar surface area (TPSA) is 184 Å². The Labute approximate surface area is 304 Å². The number of likely N-dealkylation sites (tertiary alicyclic amines) is 1. The van der Waals surface area contributed by atoms with Gasteiger partial charge in [-0.3, -0.25) is 23.9 Å². The number of sulfonamides is 1. The van der Waals surface area contributed by atoms with E-state index in [2.05, 4.69) is 26.9 Å². The number of ether oxygens (including phenoxy) is 1. The number of nitrogens with one attached hydrogen (secondary N) is 4. The van der Waals surface area contributed by atoms with Gasteiger partial charge in [0.15, 0.2) is 0 Å². The molecule has 0 bridgehead atoms. The van der Waals surface area contributed by atoms with E-state index in [1.54, 1.807) is 6.20 Å². The van der Waals surface area contributed by atoms with Crippen molar-refractivity contribution < 1.29 is 32.3 Å². The number of carbonyl (C=O) groups is 4. The number of alkyl carbamates (subject to hydrolysis) is 1. The molecule has 0 radical (unpaired) electrons. The van der Waals surface area contributed by atoms with E-state index in [9.17, 15) is 32.4 Å². The van der Waals surface area contributed by atoms with Gasteiger partial charge in [0.05, 0.1) is 11.9 Å². The number of H-pyrrole nitrogens is 1. The van der Waals surface area contributed by atoms with Crippen molar-refractivity contribution in [2.45, 2.75) is 113 Å². The Kier molecular flexibility index (Phi) is 11.4. The van der Waals surface area contributed by atoms with Crippen LogP contribution < -0.4 is 20.9 Å². The molecule has 0 unspecified atom stereocenters. The Morgan fingerprint density at radius 3 is 2.56 bits per heavy atom. The average Bonchev–Trinajstić information content (AvgIpc) is 4.06. The molecule has 4 aliphatic rings. The van der Waals surface area contributed by atoms with Gasteiger partial charge >= 0.3 is 6.09 Å². The van der Waals surface area contributed by atoms with E-state index < -0.39 is 56.7 Å². The van der Waals surface area contributed by atoms with E-state index in [1.807, 2.05) is 31.2 Å². The number of aryl methyl sites for hydroxylation is 1. The summed E-state index contributed by atoms with van der Waals surface area (Å²) in [4.78, 5) is 70.7. The molecular weight excluding hydrogens is 687 g/mol. The summed E-state index contributed by atoms with van der Waals surface area (Å²) in [7, 11) is -3.82. The molecular formula is C38H51N5O8S. The highest BCUT2D eigenvalue weighted by molar-refractivity contribution is 7.91. The Morgan fingerprint density at radius 1 is 1.08 bits per heavy atom. The highest BCUT2D eigenvalue weighted by Gasteiger charge is 2.61. The van der Waals surface area contributed by atoms with Crippen LogP contribution in [0.1, 0.15) is 89.5 Å². The number of fused-ring (bicyclic) bond motifs is 1. The number of pyridine rings is 1. The van der Waals surface area contributed by atoms with Gasteiger partial charge in [0.1, 0.15) is 17.6 Å². The number of rotatable bonds is 15. The van der Waals surface area contributed by atoms with Crippen LogP contribution in [0.15, 0.2) is 47.9 Å². The fourth-order valence-electron chi connectivity index (χ4n) is 7.86. The van der Waals surface area contributed by atoms with E-state index in [0.29, 0.717) is 37.6 Å². The molecule has 14 heteroatoms. The molecule has 282 valence electrons. The maximum absolute atomic E-state index is 14.2. The van der Waals surface area contributed by atoms with Gasteiger partial charge in [0.2, 0.25) is 21.8 Å². The van der Waals surface area contributed by atoms with Crippen molar-refractivity contribution in [2.24, 2.45) is 17.8 Å². The Morgan fingerprint density at radius 2 is 1.85 bits per heavy atom. The zero-order chi connectivity index (χ0) is 37.0. The lowest BCUT2D eigenvalue weighted by molar-refractivity contribution is -0.142. The number of aromatic nitrogens is 1. The van der Waals surface area contributed by atoms with E-state index in [1.165, 1.54) is 11.0 Å².